The van der Waals surface area contributed by atoms with Gasteiger partial charge >= 0.3 is 0 Å². The number of methoxy groups -OCH3 is 1. The van der Waals surface area contributed by atoms with Crippen LogP contribution in [0.15, 0.2) is 6.07 Å². The van der Waals surface area contributed by atoms with Gasteiger partial charge in [0.25, 0.3) is 0 Å². The van der Waals surface area contributed by atoms with Gasteiger partial charge in [-0.1, -0.05) is 20.8 Å². The molecule has 2 fully saturated rings. The highest BCUT2D eigenvalue weighted by atomic mass is 16.5. The van der Waals surface area contributed by atoms with E-state index >= 15 is 0 Å². The van der Waals surface area contributed by atoms with E-state index in [1.54, 1.807) is 7.11 Å². The molecule has 2 aliphatic rings. The Morgan fingerprint density at radius 3 is 2.43 bits per heavy atom. The van der Waals surface area contributed by atoms with E-state index in [1.165, 1.54) is 25.8 Å². The van der Waals surface area contributed by atoms with Crippen LogP contribution in [0.1, 0.15) is 64.4 Å². The minimum Gasteiger partial charge on any atom is -0.378 e. The summed E-state index contributed by atoms with van der Waals surface area (Å²) in [4.78, 5) is 25.2. The number of nitrogens with one attached hydrogen (secondary N) is 1. The van der Waals surface area contributed by atoms with Crippen LogP contribution in [0.25, 0.3) is 0 Å². The average Bonchev–Trinajstić information content (AvgIpc) is 2.73. The molecule has 1 aliphatic heterocycles. The number of hydrogen-bond acceptors (Lipinski definition) is 6. The molecule has 2 heterocycles. The summed E-state index contributed by atoms with van der Waals surface area (Å²) in [6.07, 6.45) is 6.86. The molecule has 0 aromatic carbocycles. The van der Waals surface area contributed by atoms with E-state index in [9.17, 15) is 4.79 Å². The Bertz CT molecular complexity index is 675. The molecule has 1 amide bonds. The van der Waals surface area contributed by atoms with E-state index in [0.29, 0.717) is 12.6 Å². The van der Waals surface area contributed by atoms with Gasteiger partial charge in [-0.15, -0.1) is 0 Å². The van der Waals surface area contributed by atoms with Crippen molar-refractivity contribution in [1.82, 2.24) is 20.2 Å². The van der Waals surface area contributed by atoms with Crippen molar-refractivity contribution in [3.8, 4) is 0 Å². The maximum Gasteiger partial charge on any atom is 0.207 e. The lowest BCUT2D eigenvalue weighted by Gasteiger charge is -2.37. The van der Waals surface area contributed by atoms with Crippen molar-refractivity contribution < 1.29 is 9.53 Å². The molecular weight excluding hydrogens is 378 g/mol. The second-order valence-corrected chi connectivity index (χ2v) is 9.84. The fourth-order valence-corrected chi connectivity index (χ4v) is 4.48. The monoisotopic (exact) mass is 417 g/mol. The van der Waals surface area contributed by atoms with Crippen molar-refractivity contribution >= 4 is 12.2 Å². The third-order valence-electron chi connectivity index (χ3n) is 6.43. The summed E-state index contributed by atoms with van der Waals surface area (Å²) >= 11 is 0. The Kier molecular flexibility index (Phi) is 8.06. The first-order chi connectivity index (χ1) is 14.4. The van der Waals surface area contributed by atoms with E-state index in [2.05, 4.69) is 42.0 Å². The van der Waals surface area contributed by atoms with E-state index in [4.69, 9.17) is 14.7 Å². The number of amides is 1. The molecule has 1 aliphatic carbocycles. The summed E-state index contributed by atoms with van der Waals surface area (Å²) in [6, 6.07) is 2.48. The first-order valence-corrected chi connectivity index (χ1v) is 11.4. The molecule has 30 heavy (non-hydrogen) atoms. The van der Waals surface area contributed by atoms with Gasteiger partial charge in [0, 0.05) is 50.8 Å². The summed E-state index contributed by atoms with van der Waals surface area (Å²) in [5, 5.41) is 2.94. The minimum absolute atomic E-state index is 0.0828. The molecule has 1 saturated carbocycles. The highest BCUT2D eigenvalue weighted by Gasteiger charge is 2.25. The number of carbonyl (C=O) groups is 1. The van der Waals surface area contributed by atoms with Crippen molar-refractivity contribution in [3.05, 3.63) is 17.6 Å². The molecule has 0 spiro atoms. The maximum atomic E-state index is 10.6. The van der Waals surface area contributed by atoms with Crippen LogP contribution >= 0.6 is 0 Å². The van der Waals surface area contributed by atoms with Crippen molar-refractivity contribution in [2.45, 2.75) is 70.9 Å². The number of aromatic nitrogens is 2. The number of nitrogens with zero attached hydrogens (tertiary/aromatic N) is 4. The Hall–Kier alpha value is -1.73. The first kappa shape index (κ1) is 22.9. The van der Waals surface area contributed by atoms with Gasteiger partial charge in [0.2, 0.25) is 6.41 Å². The summed E-state index contributed by atoms with van der Waals surface area (Å²) in [6.45, 7) is 12.3. The highest BCUT2D eigenvalue weighted by molar-refractivity contribution is 5.46. The lowest BCUT2D eigenvalue weighted by molar-refractivity contribution is -0.110. The van der Waals surface area contributed by atoms with Gasteiger partial charge in [-0.05, 0) is 44.6 Å². The molecule has 7 heteroatoms. The second-order valence-electron chi connectivity index (χ2n) is 9.84. The van der Waals surface area contributed by atoms with Gasteiger partial charge < -0.3 is 15.0 Å². The number of ether oxygens (including phenoxy) is 1. The van der Waals surface area contributed by atoms with Crippen LogP contribution in [0.3, 0.4) is 0 Å². The molecule has 0 atom stereocenters. The summed E-state index contributed by atoms with van der Waals surface area (Å²) < 4.78 is 5.33. The average molecular weight is 418 g/mol. The zero-order chi connectivity index (χ0) is 21.6. The SMILES string of the molecule is COCc1cc(N2CCN(CCC3CCC(NC=O)CC3)CC2)nc(C(C)(C)C)n1. The van der Waals surface area contributed by atoms with E-state index in [-0.39, 0.29) is 5.41 Å². The topological polar surface area (TPSA) is 70.6 Å². The van der Waals surface area contributed by atoms with Crippen molar-refractivity contribution in [2.24, 2.45) is 5.92 Å². The molecular formula is C23H39N5O2. The quantitative estimate of drug-likeness (QED) is 0.656. The normalized spacial score (nSPS) is 23.4. The maximum absolute atomic E-state index is 10.6. The smallest absolute Gasteiger partial charge is 0.207 e. The molecule has 1 aromatic heterocycles. The summed E-state index contributed by atoms with van der Waals surface area (Å²) in [5.74, 6) is 2.72. The molecule has 0 bridgehead atoms. The fourth-order valence-electron chi connectivity index (χ4n) is 4.48. The van der Waals surface area contributed by atoms with Gasteiger partial charge in [0.05, 0.1) is 12.3 Å². The van der Waals surface area contributed by atoms with E-state index in [1.807, 2.05) is 0 Å². The summed E-state index contributed by atoms with van der Waals surface area (Å²) in [7, 11) is 1.71. The lowest BCUT2D eigenvalue weighted by Crippen LogP contribution is -2.47. The second kappa shape index (κ2) is 10.5. The zero-order valence-electron chi connectivity index (χ0n) is 19.2. The molecule has 3 rings (SSSR count). The molecule has 168 valence electrons. The van der Waals surface area contributed by atoms with Crippen LogP contribution in [0.2, 0.25) is 0 Å². The Balaban J connectivity index is 1.49. The van der Waals surface area contributed by atoms with Gasteiger partial charge in [-0.25, -0.2) is 9.97 Å². The standard InChI is InChI=1S/C23H39N5O2/c1-23(2,3)22-25-20(16-30-4)15-21(26-22)28-13-11-27(12-14-28)10-9-18-5-7-19(8-6-18)24-17-29/h15,17-19H,5-14,16H2,1-4H3,(H,24,29). The van der Waals surface area contributed by atoms with Crippen molar-refractivity contribution in [2.75, 3.05) is 44.7 Å². The van der Waals surface area contributed by atoms with Crippen molar-refractivity contribution in [3.63, 3.8) is 0 Å². The minimum atomic E-state index is -0.0828. The predicted molar refractivity (Wildman–Crippen MR) is 120 cm³/mol. The fraction of sp³-hybridized carbons (Fsp3) is 0.783. The molecule has 0 radical (unpaired) electrons. The predicted octanol–water partition coefficient (Wildman–Crippen LogP) is 2.74. The Morgan fingerprint density at radius 2 is 1.83 bits per heavy atom. The number of piperazine rings is 1. The molecule has 1 saturated heterocycles. The van der Waals surface area contributed by atoms with Gasteiger partial charge in [-0.3, -0.25) is 9.69 Å². The molecule has 0 unspecified atom stereocenters. The molecule has 7 nitrogen and oxygen atoms in total. The number of rotatable bonds is 8. The van der Waals surface area contributed by atoms with E-state index in [0.717, 1.165) is 68.7 Å². The number of hydrogen-bond donors (Lipinski definition) is 1. The third kappa shape index (κ3) is 6.38. The highest BCUT2D eigenvalue weighted by Crippen LogP contribution is 2.27. The van der Waals surface area contributed by atoms with Crippen LogP contribution in [-0.4, -0.2) is 67.2 Å². The largest absolute Gasteiger partial charge is 0.378 e. The number of anilines is 1. The van der Waals surface area contributed by atoms with Crippen LogP contribution in [0.5, 0.6) is 0 Å². The lowest BCUT2D eigenvalue weighted by atomic mass is 9.84. The van der Waals surface area contributed by atoms with Crippen LogP contribution in [-0.2, 0) is 21.6 Å². The van der Waals surface area contributed by atoms with Gasteiger partial charge in [0.15, 0.2) is 0 Å². The van der Waals surface area contributed by atoms with Gasteiger partial charge in [0.1, 0.15) is 11.6 Å². The Labute approximate surface area is 181 Å². The summed E-state index contributed by atoms with van der Waals surface area (Å²) in [5.41, 5.74) is 0.870. The van der Waals surface area contributed by atoms with E-state index < -0.39 is 0 Å². The first-order valence-electron chi connectivity index (χ1n) is 11.4. The zero-order valence-corrected chi connectivity index (χ0v) is 19.2. The van der Waals surface area contributed by atoms with Crippen LogP contribution in [0, 0.1) is 5.92 Å². The number of carbonyl (C=O) groups excluding carboxylic acids is 1. The third-order valence-corrected chi connectivity index (χ3v) is 6.43. The molecule has 1 N–H and O–H groups in total. The van der Waals surface area contributed by atoms with Crippen LogP contribution < -0.4 is 10.2 Å². The van der Waals surface area contributed by atoms with Crippen molar-refractivity contribution in [1.29, 1.82) is 0 Å². The Morgan fingerprint density at radius 1 is 1.13 bits per heavy atom. The van der Waals surface area contributed by atoms with Gasteiger partial charge in [-0.2, -0.15) is 0 Å². The van der Waals surface area contributed by atoms with Crippen LogP contribution in [0.4, 0.5) is 5.82 Å². The molecule has 1 aromatic rings.